The topological polar surface area (TPSA) is 35.5 Å². The third kappa shape index (κ3) is 3.63. The second kappa shape index (κ2) is 6.93. The van der Waals surface area contributed by atoms with Crippen LogP contribution in [0.3, 0.4) is 0 Å². The first kappa shape index (κ1) is 15.1. The predicted octanol–water partition coefficient (Wildman–Crippen LogP) is 4.08. The van der Waals surface area contributed by atoms with Crippen LogP contribution >= 0.6 is 0 Å². The molecule has 0 N–H and O–H groups in total. The normalized spacial score (nSPS) is 10.5. The fraction of sp³-hybridized carbons (Fsp3) is 0.278. The highest BCUT2D eigenvalue weighted by Crippen LogP contribution is 2.26. The van der Waals surface area contributed by atoms with Gasteiger partial charge < -0.3 is 9.47 Å². The number of rotatable bonds is 6. The molecule has 0 spiro atoms. The largest absolute Gasteiger partial charge is 0.496 e. The number of benzene rings is 2. The molecule has 0 bridgehead atoms. The van der Waals surface area contributed by atoms with E-state index in [0.717, 1.165) is 11.3 Å². The Balaban J connectivity index is 2.11. The Morgan fingerprint density at radius 1 is 1.00 bits per heavy atom. The third-order valence-electron chi connectivity index (χ3n) is 3.31. The van der Waals surface area contributed by atoms with E-state index in [1.165, 1.54) is 0 Å². The standard InChI is InChI=1S/C18H20O3/c1-13(2)14-8-4-7-11-18(14)21-12-16(19)15-9-5-6-10-17(15)20-3/h4-11,13H,12H2,1-3H3. The van der Waals surface area contributed by atoms with Gasteiger partial charge in [-0.3, -0.25) is 4.79 Å². The lowest BCUT2D eigenvalue weighted by Gasteiger charge is -2.14. The van der Waals surface area contributed by atoms with Crippen LogP contribution in [0.2, 0.25) is 0 Å². The van der Waals surface area contributed by atoms with E-state index in [4.69, 9.17) is 9.47 Å². The van der Waals surface area contributed by atoms with Gasteiger partial charge in [-0.05, 0) is 29.7 Å². The Labute approximate surface area is 125 Å². The zero-order valence-electron chi connectivity index (χ0n) is 12.6. The summed E-state index contributed by atoms with van der Waals surface area (Å²) in [6, 6.07) is 15.0. The van der Waals surface area contributed by atoms with Crippen molar-refractivity contribution in [2.75, 3.05) is 13.7 Å². The first-order valence-electron chi connectivity index (χ1n) is 7.01. The van der Waals surface area contributed by atoms with Crippen molar-refractivity contribution in [3.8, 4) is 11.5 Å². The number of Topliss-reactive ketones (excluding diaryl/α,β-unsaturated/α-hetero) is 1. The first-order valence-corrected chi connectivity index (χ1v) is 7.01. The SMILES string of the molecule is COc1ccccc1C(=O)COc1ccccc1C(C)C. The fourth-order valence-electron chi connectivity index (χ4n) is 2.18. The van der Waals surface area contributed by atoms with Crippen molar-refractivity contribution in [2.45, 2.75) is 19.8 Å². The molecule has 110 valence electrons. The van der Waals surface area contributed by atoms with Gasteiger partial charge in [0.05, 0.1) is 12.7 Å². The Morgan fingerprint density at radius 2 is 1.62 bits per heavy atom. The number of methoxy groups -OCH3 is 1. The molecule has 0 aliphatic heterocycles. The zero-order valence-corrected chi connectivity index (χ0v) is 12.6. The summed E-state index contributed by atoms with van der Waals surface area (Å²) in [5.41, 5.74) is 1.65. The second-order valence-electron chi connectivity index (χ2n) is 5.10. The molecule has 0 saturated carbocycles. The Hall–Kier alpha value is -2.29. The molecule has 0 saturated heterocycles. The monoisotopic (exact) mass is 284 g/mol. The Kier molecular flexibility index (Phi) is 4.99. The number of carbonyl (C=O) groups excluding carboxylic acids is 1. The van der Waals surface area contributed by atoms with E-state index < -0.39 is 0 Å². The number of hydrogen-bond acceptors (Lipinski definition) is 3. The number of ether oxygens (including phenoxy) is 2. The maximum Gasteiger partial charge on any atom is 0.203 e. The minimum absolute atomic E-state index is 0.00407. The molecule has 21 heavy (non-hydrogen) atoms. The number of para-hydroxylation sites is 2. The number of ketones is 1. The summed E-state index contributed by atoms with van der Waals surface area (Å²) in [4.78, 5) is 12.3. The van der Waals surface area contributed by atoms with Gasteiger partial charge in [0.1, 0.15) is 11.5 Å². The van der Waals surface area contributed by atoms with Gasteiger partial charge in [0.25, 0.3) is 0 Å². The molecule has 2 aromatic carbocycles. The molecule has 0 atom stereocenters. The van der Waals surface area contributed by atoms with E-state index in [9.17, 15) is 4.79 Å². The molecule has 0 amide bonds. The predicted molar refractivity (Wildman–Crippen MR) is 83.4 cm³/mol. The second-order valence-corrected chi connectivity index (χ2v) is 5.10. The number of carbonyl (C=O) groups is 1. The van der Waals surface area contributed by atoms with Crippen LogP contribution in [-0.2, 0) is 0 Å². The van der Waals surface area contributed by atoms with Crippen molar-refractivity contribution < 1.29 is 14.3 Å². The van der Waals surface area contributed by atoms with Crippen molar-refractivity contribution in [2.24, 2.45) is 0 Å². The van der Waals surface area contributed by atoms with Gasteiger partial charge >= 0.3 is 0 Å². The minimum atomic E-state index is -0.0917. The molecular weight excluding hydrogens is 264 g/mol. The Bertz CT molecular complexity index is 617. The van der Waals surface area contributed by atoms with E-state index in [0.29, 0.717) is 17.2 Å². The smallest absolute Gasteiger partial charge is 0.203 e. The van der Waals surface area contributed by atoms with Crippen molar-refractivity contribution >= 4 is 5.78 Å². The van der Waals surface area contributed by atoms with Crippen LogP contribution in [0.15, 0.2) is 48.5 Å². The maximum absolute atomic E-state index is 12.3. The average molecular weight is 284 g/mol. The highest BCUT2D eigenvalue weighted by atomic mass is 16.5. The van der Waals surface area contributed by atoms with Crippen LogP contribution in [0.1, 0.15) is 35.7 Å². The van der Waals surface area contributed by atoms with Gasteiger partial charge in [0.15, 0.2) is 6.61 Å². The van der Waals surface area contributed by atoms with Crippen molar-refractivity contribution in [3.05, 3.63) is 59.7 Å². The molecule has 0 radical (unpaired) electrons. The maximum atomic E-state index is 12.3. The van der Waals surface area contributed by atoms with Crippen molar-refractivity contribution in [1.29, 1.82) is 0 Å². The van der Waals surface area contributed by atoms with Crippen LogP contribution in [0.5, 0.6) is 11.5 Å². The Morgan fingerprint density at radius 3 is 2.29 bits per heavy atom. The summed E-state index contributed by atoms with van der Waals surface area (Å²) in [5, 5.41) is 0. The fourth-order valence-corrected chi connectivity index (χ4v) is 2.18. The van der Waals surface area contributed by atoms with Crippen LogP contribution in [0.25, 0.3) is 0 Å². The lowest BCUT2D eigenvalue weighted by Crippen LogP contribution is -2.13. The summed E-state index contributed by atoms with van der Waals surface area (Å²) in [7, 11) is 1.56. The molecule has 3 heteroatoms. The molecule has 3 nitrogen and oxygen atoms in total. The first-order chi connectivity index (χ1) is 10.1. The number of hydrogen-bond donors (Lipinski definition) is 0. The molecular formula is C18H20O3. The van der Waals surface area contributed by atoms with Gasteiger partial charge in [0.2, 0.25) is 5.78 Å². The van der Waals surface area contributed by atoms with Crippen molar-refractivity contribution in [3.63, 3.8) is 0 Å². The van der Waals surface area contributed by atoms with Crippen LogP contribution in [0.4, 0.5) is 0 Å². The van der Waals surface area contributed by atoms with E-state index in [1.54, 1.807) is 19.2 Å². The van der Waals surface area contributed by atoms with Crippen LogP contribution in [0, 0.1) is 0 Å². The zero-order chi connectivity index (χ0) is 15.2. The molecule has 0 unspecified atom stereocenters. The van der Waals surface area contributed by atoms with Crippen LogP contribution in [-0.4, -0.2) is 19.5 Å². The highest BCUT2D eigenvalue weighted by Gasteiger charge is 2.14. The molecule has 2 aromatic rings. The summed E-state index contributed by atoms with van der Waals surface area (Å²) < 4.78 is 10.9. The lowest BCUT2D eigenvalue weighted by atomic mass is 10.0. The molecule has 0 aromatic heterocycles. The summed E-state index contributed by atoms with van der Waals surface area (Å²) in [5.74, 6) is 1.59. The minimum Gasteiger partial charge on any atom is -0.496 e. The molecule has 0 aliphatic rings. The molecule has 0 aliphatic carbocycles. The molecule has 2 rings (SSSR count). The van der Waals surface area contributed by atoms with E-state index in [-0.39, 0.29) is 12.4 Å². The van der Waals surface area contributed by atoms with E-state index >= 15 is 0 Å². The van der Waals surface area contributed by atoms with Gasteiger partial charge in [0, 0.05) is 0 Å². The quantitative estimate of drug-likeness (QED) is 0.750. The van der Waals surface area contributed by atoms with Gasteiger partial charge in [-0.25, -0.2) is 0 Å². The summed E-state index contributed by atoms with van der Waals surface area (Å²) in [6.45, 7) is 4.21. The molecule has 0 heterocycles. The highest BCUT2D eigenvalue weighted by molar-refractivity contribution is 5.99. The van der Waals surface area contributed by atoms with Crippen molar-refractivity contribution in [1.82, 2.24) is 0 Å². The van der Waals surface area contributed by atoms with Gasteiger partial charge in [-0.1, -0.05) is 44.2 Å². The average Bonchev–Trinajstić information content (AvgIpc) is 2.52. The lowest BCUT2D eigenvalue weighted by molar-refractivity contribution is 0.0917. The molecule has 0 fully saturated rings. The summed E-state index contributed by atoms with van der Waals surface area (Å²) in [6.07, 6.45) is 0. The third-order valence-corrected chi connectivity index (χ3v) is 3.31. The summed E-state index contributed by atoms with van der Waals surface area (Å²) >= 11 is 0. The van der Waals surface area contributed by atoms with Crippen LogP contribution < -0.4 is 9.47 Å². The van der Waals surface area contributed by atoms with E-state index in [2.05, 4.69) is 13.8 Å². The van der Waals surface area contributed by atoms with Gasteiger partial charge in [-0.2, -0.15) is 0 Å². The van der Waals surface area contributed by atoms with Gasteiger partial charge in [-0.15, -0.1) is 0 Å². The van der Waals surface area contributed by atoms with E-state index in [1.807, 2.05) is 36.4 Å².